The van der Waals surface area contributed by atoms with Crippen molar-refractivity contribution < 1.29 is 19.1 Å². The fraction of sp³-hybridized carbons (Fsp3) is 0.556. The van der Waals surface area contributed by atoms with Crippen molar-refractivity contribution in [1.29, 1.82) is 0 Å². The maximum atomic E-state index is 12.2. The molecular weight excluding hydrogens is 354 g/mol. The van der Waals surface area contributed by atoms with Gasteiger partial charge in [0.2, 0.25) is 0 Å². The SMILES string of the molecule is C=C(S)/C(=C\C(N)=C(C)C)OC(=O)N(C)CCN(C)C(=O)OC(C)(C)C. The van der Waals surface area contributed by atoms with E-state index in [1.54, 1.807) is 34.9 Å². The molecule has 0 spiro atoms. The Morgan fingerprint density at radius 1 is 1.12 bits per heavy atom. The third-order valence-corrected chi connectivity index (χ3v) is 3.35. The Labute approximate surface area is 161 Å². The van der Waals surface area contributed by atoms with Gasteiger partial charge in [0.25, 0.3) is 0 Å². The van der Waals surface area contributed by atoms with Gasteiger partial charge in [0, 0.05) is 43.9 Å². The molecule has 0 heterocycles. The summed E-state index contributed by atoms with van der Waals surface area (Å²) in [5.41, 5.74) is 6.62. The lowest BCUT2D eigenvalue weighted by Crippen LogP contribution is -2.40. The number of ether oxygens (including phenoxy) is 2. The number of carbonyl (C=O) groups is 2. The number of hydrogen-bond acceptors (Lipinski definition) is 6. The van der Waals surface area contributed by atoms with Gasteiger partial charge in [0.15, 0.2) is 0 Å². The lowest BCUT2D eigenvalue weighted by Gasteiger charge is -2.26. The number of likely N-dealkylation sites (N-methyl/N-ethyl adjacent to an activating group) is 2. The van der Waals surface area contributed by atoms with Crippen LogP contribution in [0, 0.1) is 0 Å². The summed E-state index contributed by atoms with van der Waals surface area (Å²) in [5.74, 6) is 0.171. The van der Waals surface area contributed by atoms with Crippen molar-refractivity contribution in [2.75, 3.05) is 27.2 Å². The van der Waals surface area contributed by atoms with E-state index in [-0.39, 0.29) is 23.8 Å². The quantitative estimate of drug-likeness (QED) is 0.415. The Morgan fingerprint density at radius 3 is 1.96 bits per heavy atom. The lowest BCUT2D eigenvalue weighted by molar-refractivity contribution is 0.0285. The first-order valence-corrected chi connectivity index (χ1v) is 8.59. The molecule has 0 radical (unpaired) electrons. The highest BCUT2D eigenvalue weighted by Crippen LogP contribution is 2.17. The van der Waals surface area contributed by atoms with Crippen molar-refractivity contribution in [2.24, 2.45) is 5.73 Å². The molecule has 0 aromatic heterocycles. The highest BCUT2D eigenvalue weighted by molar-refractivity contribution is 7.84. The maximum absolute atomic E-state index is 12.2. The van der Waals surface area contributed by atoms with E-state index in [0.717, 1.165) is 5.57 Å². The van der Waals surface area contributed by atoms with Crippen LogP contribution in [-0.4, -0.2) is 54.8 Å². The molecule has 0 fully saturated rings. The fourth-order valence-electron chi connectivity index (χ4n) is 1.45. The second kappa shape index (κ2) is 10.2. The Kier molecular flexibility index (Phi) is 9.34. The van der Waals surface area contributed by atoms with Gasteiger partial charge >= 0.3 is 12.2 Å². The van der Waals surface area contributed by atoms with Crippen LogP contribution in [0.1, 0.15) is 34.6 Å². The van der Waals surface area contributed by atoms with Crippen LogP contribution in [0.3, 0.4) is 0 Å². The van der Waals surface area contributed by atoms with Crippen molar-refractivity contribution in [3.8, 4) is 0 Å². The van der Waals surface area contributed by atoms with Crippen molar-refractivity contribution in [1.82, 2.24) is 9.80 Å². The van der Waals surface area contributed by atoms with E-state index in [9.17, 15) is 9.59 Å². The molecule has 0 unspecified atom stereocenters. The molecular formula is C18H31N3O4S. The summed E-state index contributed by atoms with van der Waals surface area (Å²) in [7, 11) is 3.16. The molecule has 0 saturated carbocycles. The fourth-order valence-corrected chi connectivity index (χ4v) is 1.56. The number of thiol groups is 1. The molecule has 2 amide bonds. The third kappa shape index (κ3) is 9.41. The summed E-state index contributed by atoms with van der Waals surface area (Å²) >= 11 is 4.12. The Balaban J connectivity index is 4.79. The topological polar surface area (TPSA) is 85.1 Å². The predicted molar refractivity (Wildman–Crippen MR) is 107 cm³/mol. The van der Waals surface area contributed by atoms with Gasteiger partial charge in [-0.2, -0.15) is 0 Å². The smallest absolute Gasteiger partial charge is 0.415 e. The van der Waals surface area contributed by atoms with Gasteiger partial charge in [-0.15, -0.1) is 12.6 Å². The molecule has 0 rings (SSSR count). The van der Waals surface area contributed by atoms with E-state index in [0.29, 0.717) is 5.70 Å². The number of allylic oxidation sites excluding steroid dienone is 2. The van der Waals surface area contributed by atoms with Gasteiger partial charge in [0.05, 0.1) is 0 Å². The maximum Gasteiger partial charge on any atom is 0.415 e. The molecule has 148 valence electrons. The van der Waals surface area contributed by atoms with E-state index < -0.39 is 17.8 Å². The highest BCUT2D eigenvalue weighted by Gasteiger charge is 2.21. The molecule has 0 saturated heterocycles. The Morgan fingerprint density at radius 2 is 1.58 bits per heavy atom. The summed E-state index contributed by atoms with van der Waals surface area (Å²) in [6, 6.07) is 0. The molecule has 0 aromatic rings. The van der Waals surface area contributed by atoms with E-state index in [2.05, 4.69) is 19.2 Å². The van der Waals surface area contributed by atoms with Crippen LogP contribution < -0.4 is 5.73 Å². The summed E-state index contributed by atoms with van der Waals surface area (Å²) in [5, 5.41) is 0. The van der Waals surface area contributed by atoms with Gasteiger partial charge in [-0.05, 0) is 34.6 Å². The van der Waals surface area contributed by atoms with E-state index in [4.69, 9.17) is 15.2 Å². The summed E-state index contributed by atoms with van der Waals surface area (Å²) in [6.07, 6.45) is 0.439. The molecule has 0 aliphatic carbocycles. The summed E-state index contributed by atoms with van der Waals surface area (Å²) in [6.45, 7) is 13.3. The molecule has 8 heteroatoms. The molecule has 7 nitrogen and oxygen atoms in total. The van der Waals surface area contributed by atoms with Crippen LogP contribution in [0.4, 0.5) is 9.59 Å². The van der Waals surface area contributed by atoms with Crippen LogP contribution in [0.25, 0.3) is 0 Å². The number of nitrogens with two attached hydrogens (primary N) is 1. The van der Waals surface area contributed by atoms with Crippen LogP contribution in [-0.2, 0) is 9.47 Å². The minimum Gasteiger partial charge on any atom is -0.444 e. The zero-order chi connectivity index (χ0) is 20.7. The molecule has 0 aliphatic rings. The van der Waals surface area contributed by atoms with Crippen molar-refractivity contribution in [3.05, 3.63) is 34.6 Å². The van der Waals surface area contributed by atoms with Crippen LogP contribution >= 0.6 is 12.6 Å². The predicted octanol–water partition coefficient (Wildman–Crippen LogP) is 3.50. The zero-order valence-corrected chi connectivity index (χ0v) is 17.6. The number of amides is 2. The monoisotopic (exact) mass is 385 g/mol. The standard InChI is InChI=1S/C18H31N3O4S/c1-12(2)14(19)11-15(13(3)26)24-16(22)20(7)9-10-21(8)17(23)25-18(4,5)6/h11,26H,3,9-10,19H2,1-2,4-8H3/b15-11+. The number of nitrogens with zero attached hydrogens (tertiary/aromatic N) is 2. The Hall–Kier alpha value is -2.09. The second-order valence-electron chi connectivity index (χ2n) is 7.10. The van der Waals surface area contributed by atoms with E-state index in [1.807, 2.05) is 13.8 Å². The van der Waals surface area contributed by atoms with Crippen molar-refractivity contribution in [3.63, 3.8) is 0 Å². The normalized spacial score (nSPS) is 11.5. The minimum absolute atomic E-state index is 0.171. The van der Waals surface area contributed by atoms with Crippen molar-refractivity contribution in [2.45, 2.75) is 40.2 Å². The molecule has 0 aromatic carbocycles. The average molecular weight is 386 g/mol. The van der Waals surface area contributed by atoms with Gasteiger partial charge in [-0.3, -0.25) is 0 Å². The second-order valence-corrected chi connectivity index (χ2v) is 7.64. The first kappa shape index (κ1) is 23.9. The molecule has 0 bridgehead atoms. The third-order valence-electron chi connectivity index (χ3n) is 3.13. The molecule has 0 aliphatic heterocycles. The molecule has 0 atom stereocenters. The molecule has 2 N–H and O–H groups in total. The van der Waals surface area contributed by atoms with Crippen LogP contribution in [0.15, 0.2) is 34.6 Å². The van der Waals surface area contributed by atoms with Crippen molar-refractivity contribution >= 4 is 24.8 Å². The van der Waals surface area contributed by atoms with E-state index >= 15 is 0 Å². The number of carbonyl (C=O) groups excluding carboxylic acids is 2. The highest BCUT2D eigenvalue weighted by atomic mass is 32.1. The summed E-state index contributed by atoms with van der Waals surface area (Å²) in [4.78, 5) is 27.1. The van der Waals surface area contributed by atoms with Gasteiger partial charge in [0.1, 0.15) is 11.4 Å². The first-order valence-electron chi connectivity index (χ1n) is 8.14. The number of hydrogen-bond donors (Lipinski definition) is 2. The van der Waals surface area contributed by atoms with Crippen LogP contribution in [0.5, 0.6) is 0 Å². The van der Waals surface area contributed by atoms with Gasteiger partial charge in [-0.1, -0.05) is 12.2 Å². The van der Waals surface area contributed by atoms with Gasteiger partial charge in [-0.25, -0.2) is 9.59 Å². The Bertz CT molecular complexity index is 602. The van der Waals surface area contributed by atoms with Gasteiger partial charge < -0.3 is 25.0 Å². The van der Waals surface area contributed by atoms with E-state index in [1.165, 1.54) is 15.9 Å². The first-order chi connectivity index (χ1) is 11.7. The lowest BCUT2D eigenvalue weighted by atomic mass is 10.2. The summed E-state index contributed by atoms with van der Waals surface area (Å²) < 4.78 is 10.5. The zero-order valence-electron chi connectivity index (χ0n) is 16.8. The minimum atomic E-state index is -0.606. The average Bonchev–Trinajstić information content (AvgIpc) is 2.49. The largest absolute Gasteiger partial charge is 0.444 e. The van der Waals surface area contributed by atoms with Crippen LogP contribution in [0.2, 0.25) is 0 Å². The number of rotatable bonds is 6. The molecule has 26 heavy (non-hydrogen) atoms.